The van der Waals surface area contributed by atoms with Crippen LogP contribution in [0.5, 0.6) is 5.75 Å². The lowest BCUT2D eigenvalue weighted by molar-refractivity contribution is 0.0989. The summed E-state index contributed by atoms with van der Waals surface area (Å²) in [5.41, 5.74) is 5.12. The predicted octanol–water partition coefficient (Wildman–Crippen LogP) is 6.94. The van der Waals surface area contributed by atoms with Crippen molar-refractivity contribution in [3.8, 4) is 5.75 Å². The van der Waals surface area contributed by atoms with Crippen molar-refractivity contribution in [1.82, 2.24) is 14.8 Å². The maximum atomic E-state index is 13.7. The first-order chi connectivity index (χ1) is 17.5. The van der Waals surface area contributed by atoms with Crippen LogP contribution < -0.4 is 4.74 Å². The maximum Gasteiger partial charge on any atom is 0.192 e. The Labute approximate surface area is 217 Å². The summed E-state index contributed by atoms with van der Waals surface area (Å²) in [4.78, 5) is 13.7. The number of aromatic nitrogens is 3. The smallest absolute Gasteiger partial charge is 0.192 e. The van der Waals surface area contributed by atoms with Gasteiger partial charge < -0.3 is 4.74 Å². The average molecular weight is 498 g/mol. The molecule has 0 spiro atoms. The van der Waals surface area contributed by atoms with Gasteiger partial charge in [0.1, 0.15) is 17.6 Å². The molecule has 3 aromatic carbocycles. The number of Topliss-reactive ketones (excluding diaryl/α,β-unsaturated/α-hetero) is 1. The normalized spacial score (nSPS) is 11.8. The molecule has 0 fully saturated rings. The van der Waals surface area contributed by atoms with Gasteiger partial charge in [-0.15, -0.1) is 16.8 Å². The largest absolute Gasteiger partial charge is 0.486 e. The van der Waals surface area contributed by atoms with E-state index in [-0.39, 0.29) is 12.4 Å². The van der Waals surface area contributed by atoms with Gasteiger partial charge in [-0.2, -0.15) is 0 Å². The Morgan fingerprint density at radius 2 is 1.61 bits per heavy atom. The van der Waals surface area contributed by atoms with Gasteiger partial charge in [0.15, 0.2) is 16.8 Å². The monoisotopic (exact) mass is 497 g/mol. The molecular weight excluding hydrogens is 466 g/mol. The van der Waals surface area contributed by atoms with Crippen molar-refractivity contribution in [2.75, 3.05) is 0 Å². The number of benzene rings is 3. The second-order valence-corrected chi connectivity index (χ2v) is 9.80. The first-order valence-electron chi connectivity index (χ1n) is 12.1. The van der Waals surface area contributed by atoms with E-state index in [0.717, 1.165) is 28.9 Å². The summed E-state index contributed by atoms with van der Waals surface area (Å²) < 4.78 is 7.95. The molecule has 184 valence electrons. The standard InChI is InChI=1S/C30H31N3O2S/c1-5-19-33-27(20-35-26-17-11-23(6-2)12-18-26)31-32-30(33)36-29(25-15-9-22(4)10-16-25)28(34)24-13-7-21(3)8-14-24/h5,7-18,29H,1,6,19-20H2,2-4H3. The summed E-state index contributed by atoms with van der Waals surface area (Å²) in [5.74, 6) is 1.50. The number of hydrogen-bond donors (Lipinski definition) is 0. The Bertz CT molecular complexity index is 1310. The topological polar surface area (TPSA) is 57.0 Å². The van der Waals surface area contributed by atoms with E-state index in [1.165, 1.54) is 17.3 Å². The van der Waals surface area contributed by atoms with Crippen molar-refractivity contribution in [2.45, 2.75) is 50.8 Å². The van der Waals surface area contributed by atoms with E-state index in [0.29, 0.717) is 23.1 Å². The first-order valence-corrected chi connectivity index (χ1v) is 12.9. The lowest BCUT2D eigenvalue weighted by Gasteiger charge is -2.17. The molecule has 0 saturated carbocycles. The number of ether oxygens (including phenoxy) is 1. The lowest BCUT2D eigenvalue weighted by atomic mass is 10.0. The van der Waals surface area contributed by atoms with Gasteiger partial charge in [0, 0.05) is 12.1 Å². The third kappa shape index (κ3) is 6.13. The molecule has 4 rings (SSSR count). The number of thioether (sulfide) groups is 1. The van der Waals surface area contributed by atoms with Gasteiger partial charge in [0.05, 0.1) is 0 Å². The fourth-order valence-corrected chi connectivity index (χ4v) is 4.93. The number of nitrogens with zero attached hydrogens (tertiary/aromatic N) is 3. The Morgan fingerprint density at radius 1 is 0.972 bits per heavy atom. The molecule has 1 aromatic heterocycles. The molecule has 1 atom stereocenters. The van der Waals surface area contributed by atoms with Crippen LogP contribution in [-0.2, 0) is 19.6 Å². The zero-order valence-electron chi connectivity index (χ0n) is 21.0. The van der Waals surface area contributed by atoms with Crippen molar-refractivity contribution >= 4 is 17.5 Å². The second-order valence-electron chi connectivity index (χ2n) is 8.72. The van der Waals surface area contributed by atoms with Gasteiger partial charge in [0.2, 0.25) is 0 Å². The molecule has 4 aromatic rings. The molecule has 0 radical (unpaired) electrons. The average Bonchev–Trinajstić information content (AvgIpc) is 3.28. The summed E-state index contributed by atoms with van der Waals surface area (Å²) in [6, 6.07) is 23.8. The van der Waals surface area contributed by atoms with Gasteiger partial charge in [-0.05, 0) is 43.5 Å². The fraction of sp³-hybridized carbons (Fsp3) is 0.233. The van der Waals surface area contributed by atoms with Gasteiger partial charge in [-0.25, -0.2) is 0 Å². The molecule has 0 aliphatic heterocycles. The molecule has 0 bridgehead atoms. The minimum absolute atomic E-state index is 0.0332. The molecule has 0 amide bonds. The number of allylic oxidation sites excluding steroid dienone is 1. The summed E-state index contributed by atoms with van der Waals surface area (Å²) in [6.45, 7) is 10.9. The van der Waals surface area contributed by atoms with E-state index >= 15 is 0 Å². The third-order valence-electron chi connectivity index (χ3n) is 5.98. The molecule has 36 heavy (non-hydrogen) atoms. The summed E-state index contributed by atoms with van der Waals surface area (Å²) in [6.07, 6.45) is 2.79. The Kier molecular flexibility index (Phi) is 8.39. The number of hydrogen-bond acceptors (Lipinski definition) is 5. The Morgan fingerprint density at radius 3 is 2.22 bits per heavy atom. The van der Waals surface area contributed by atoms with Crippen LogP contribution in [0.3, 0.4) is 0 Å². The maximum absolute atomic E-state index is 13.7. The van der Waals surface area contributed by atoms with E-state index in [4.69, 9.17) is 4.74 Å². The van der Waals surface area contributed by atoms with Crippen molar-refractivity contribution in [3.63, 3.8) is 0 Å². The van der Waals surface area contributed by atoms with Crippen LogP contribution in [-0.4, -0.2) is 20.5 Å². The summed E-state index contributed by atoms with van der Waals surface area (Å²) >= 11 is 1.41. The van der Waals surface area contributed by atoms with E-state index in [1.54, 1.807) is 6.08 Å². The van der Waals surface area contributed by atoms with Crippen molar-refractivity contribution in [3.05, 3.63) is 119 Å². The van der Waals surface area contributed by atoms with E-state index in [2.05, 4.69) is 35.8 Å². The SMILES string of the molecule is C=CCn1c(COc2ccc(CC)cc2)nnc1SC(C(=O)c1ccc(C)cc1)c1ccc(C)cc1. The highest BCUT2D eigenvalue weighted by molar-refractivity contribution is 8.00. The van der Waals surface area contributed by atoms with Crippen molar-refractivity contribution in [2.24, 2.45) is 0 Å². The predicted molar refractivity (Wildman–Crippen MR) is 146 cm³/mol. The molecule has 0 N–H and O–H groups in total. The zero-order chi connectivity index (χ0) is 25.5. The molecule has 0 aliphatic carbocycles. The first kappa shape index (κ1) is 25.5. The summed E-state index contributed by atoms with van der Waals surface area (Å²) in [7, 11) is 0. The van der Waals surface area contributed by atoms with Gasteiger partial charge in [-0.3, -0.25) is 9.36 Å². The quantitative estimate of drug-likeness (QED) is 0.128. The molecule has 6 heteroatoms. The molecule has 0 saturated heterocycles. The Balaban J connectivity index is 1.61. The molecule has 1 heterocycles. The minimum Gasteiger partial charge on any atom is -0.486 e. The molecule has 1 unspecified atom stereocenters. The van der Waals surface area contributed by atoms with Crippen LogP contribution in [0.2, 0.25) is 0 Å². The van der Waals surface area contributed by atoms with E-state index < -0.39 is 5.25 Å². The minimum atomic E-state index is -0.462. The second kappa shape index (κ2) is 11.9. The molecular formula is C30H31N3O2S. The van der Waals surface area contributed by atoms with Crippen LogP contribution in [0.25, 0.3) is 0 Å². The van der Waals surface area contributed by atoms with Crippen LogP contribution in [0.15, 0.2) is 90.6 Å². The van der Waals surface area contributed by atoms with E-state index in [9.17, 15) is 4.79 Å². The van der Waals surface area contributed by atoms with Crippen LogP contribution in [0.4, 0.5) is 0 Å². The van der Waals surface area contributed by atoms with E-state index in [1.807, 2.05) is 79.1 Å². The number of carbonyl (C=O) groups is 1. The van der Waals surface area contributed by atoms with Crippen LogP contribution >= 0.6 is 11.8 Å². The van der Waals surface area contributed by atoms with Gasteiger partial charge in [0.25, 0.3) is 0 Å². The number of ketones is 1. The zero-order valence-corrected chi connectivity index (χ0v) is 21.8. The number of rotatable bonds is 11. The summed E-state index contributed by atoms with van der Waals surface area (Å²) in [5, 5.41) is 9.03. The molecule has 5 nitrogen and oxygen atoms in total. The van der Waals surface area contributed by atoms with Crippen LogP contribution in [0, 0.1) is 13.8 Å². The van der Waals surface area contributed by atoms with Crippen molar-refractivity contribution in [1.29, 1.82) is 0 Å². The number of aryl methyl sites for hydroxylation is 3. The highest BCUT2D eigenvalue weighted by Gasteiger charge is 2.26. The van der Waals surface area contributed by atoms with Gasteiger partial charge in [-0.1, -0.05) is 96.6 Å². The van der Waals surface area contributed by atoms with Gasteiger partial charge >= 0.3 is 0 Å². The van der Waals surface area contributed by atoms with Crippen LogP contribution in [0.1, 0.15) is 50.6 Å². The van der Waals surface area contributed by atoms with Crippen molar-refractivity contribution < 1.29 is 9.53 Å². The Hall–Kier alpha value is -3.64. The lowest BCUT2D eigenvalue weighted by Crippen LogP contribution is -2.12. The number of carbonyl (C=O) groups excluding carboxylic acids is 1. The highest BCUT2D eigenvalue weighted by atomic mass is 32.2. The highest BCUT2D eigenvalue weighted by Crippen LogP contribution is 2.37. The third-order valence-corrected chi connectivity index (χ3v) is 7.22. The molecule has 0 aliphatic rings. The fourth-order valence-electron chi connectivity index (χ4n) is 3.78.